The van der Waals surface area contributed by atoms with E-state index in [4.69, 9.17) is 11.6 Å². The number of carbonyl (C=O) groups excluding carboxylic acids is 1. The van der Waals surface area contributed by atoms with Gasteiger partial charge in [-0.3, -0.25) is 4.79 Å². The maximum atomic E-state index is 11.8. The lowest BCUT2D eigenvalue weighted by molar-refractivity contribution is -0.117. The zero-order chi connectivity index (χ0) is 11.9. The fourth-order valence-electron chi connectivity index (χ4n) is 1.65. The van der Waals surface area contributed by atoms with Crippen LogP contribution in [-0.2, 0) is 4.79 Å². The highest BCUT2D eigenvalue weighted by atomic mass is 79.9. The van der Waals surface area contributed by atoms with Crippen molar-refractivity contribution >= 4 is 39.1 Å². The Hall–Kier alpha value is -0.540. The van der Waals surface area contributed by atoms with E-state index >= 15 is 0 Å². The molecule has 0 spiro atoms. The van der Waals surface area contributed by atoms with Gasteiger partial charge in [0, 0.05) is 15.4 Å². The van der Waals surface area contributed by atoms with Gasteiger partial charge in [0.2, 0.25) is 5.91 Å². The molecule has 0 radical (unpaired) electrons. The van der Waals surface area contributed by atoms with Gasteiger partial charge in [0.05, 0.1) is 5.69 Å². The summed E-state index contributed by atoms with van der Waals surface area (Å²) in [7, 11) is 0. The zero-order valence-corrected chi connectivity index (χ0v) is 11.5. The van der Waals surface area contributed by atoms with E-state index in [9.17, 15) is 4.79 Å². The summed E-state index contributed by atoms with van der Waals surface area (Å²) in [6.45, 7) is 4.02. The smallest absolute Gasteiger partial charge is 0.227 e. The van der Waals surface area contributed by atoms with Crippen molar-refractivity contribution in [1.29, 1.82) is 0 Å². The lowest BCUT2D eigenvalue weighted by Gasteiger charge is -2.09. The molecule has 1 aromatic rings. The molecule has 1 aromatic carbocycles. The van der Waals surface area contributed by atoms with Gasteiger partial charge in [-0.05, 0) is 52.9 Å². The van der Waals surface area contributed by atoms with Crippen molar-refractivity contribution in [2.75, 3.05) is 5.32 Å². The van der Waals surface area contributed by atoms with E-state index < -0.39 is 0 Å². The van der Waals surface area contributed by atoms with Gasteiger partial charge in [0.1, 0.15) is 0 Å². The Kier molecular flexibility index (Phi) is 3.27. The molecular weight excluding hydrogens is 289 g/mol. The quantitative estimate of drug-likeness (QED) is 0.879. The largest absolute Gasteiger partial charge is 0.325 e. The molecule has 86 valence electrons. The summed E-state index contributed by atoms with van der Waals surface area (Å²) < 4.78 is 0.871. The van der Waals surface area contributed by atoms with Crippen LogP contribution in [0.25, 0.3) is 0 Å². The maximum absolute atomic E-state index is 11.8. The molecular formula is C12H13BrClNO. The summed E-state index contributed by atoms with van der Waals surface area (Å²) in [5.74, 6) is 0.778. The highest BCUT2D eigenvalue weighted by molar-refractivity contribution is 9.10. The Morgan fingerprint density at radius 3 is 2.75 bits per heavy atom. The summed E-state index contributed by atoms with van der Waals surface area (Å²) in [4.78, 5) is 11.8. The van der Waals surface area contributed by atoms with Crippen molar-refractivity contribution in [3.8, 4) is 0 Å². The van der Waals surface area contributed by atoms with Crippen molar-refractivity contribution < 1.29 is 4.79 Å². The average Bonchev–Trinajstić information content (AvgIpc) is 2.92. The first kappa shape index (κ1) is 11.9. The average molecular weight is 303 g/mol. The van der Waals surface area contributed by atoms with Crippen LogP contribution >= 0.6 is 27.5 Å². The summed E-state index contributed by atoms with van der Waals surface area (Å²) in [5, 5.41) is 3.57. The van der Waals surface area contributed by atoms with Crippen LogP contribution < -0.4 is 5.32 Å². The molecule has 1 saturated carbocycles. The molecule has 1 aliphatic rings. The number of halogens is 2. The second-order valence-corrected chi connectivity index (χ2v) is 5.65. The molecule has 1 N–H and O–H groups in total. The van der Waals surface area contributed by atoms with E-state index in [1.165, 1.54) is 0 Å². The molecule has 2 atom stereocenters. The van der Waals surface area contributed by atoms with Crippen LogP contribution in [0.4, 0.5) is 5.69 Å². The lowest BCUT2D eigenvalue weighted by atomic mass is 10.2. The number of nitrogens with one attached hydrogen (secondary N) is 1. The molecule has 4 heteroatoms. The van der Waals surface area contributed by atoms with Gasteiger partial charge in [0.25, 0.3) is 0 Å². The van der Waals surface area contributed by atoms with Crippen molar-refractivity contribution in [2.45, 2.75) is 20.3 Å². The minimum Gasteiger partial charge on any atom is -0.325 e. The molecule has 2 rings (SSSR count). The maximum Gasteiger partial charge on any atom is 0.227 e. The first-order valence-corrected chi connectivity index (χ1v) is 6.42. The number of hydrogen-bond donors (Lipinski definition) is 1. The molecule has 1 fully saturated rings. The second-order valence-electron chi connectivity index (χ2n) is 4.39. The highest BCUT2D eigenvalue weighted by Gasteiger charge is 2.39. The van der Waals surface area contributed by atoms with Crippen LogP contribution in [0, 0.1) is 18.8 Å². The molecule has 0 aromatic heterocycles. The molecule has 2 nitrogen and oxygen atoms in total. The standard InChI is InChI=1S/C12H13BrClNO/c1-6-3-8(6)12(16)15-11-5-10(14)7(2)4-9(11)13/h4-6,8H,3H2,1-2H3,(H,15,16). The van der Waals surface area contributed by atoms with Gasteiger partial charge in [-0.2, -0.15) is 0 Å². The number of hydrogen-bond acceptors (Lipinski definition) is 1. The van der Waals surface area contributed by atoms with E-state index in [1.54, 1.807) is 6.07 Å². The third-order valence-corrected chi connectivity index (χ3v) is 4.02. The summed E-state index contributed by atoms with van der Waals surface area (Å²) in [6.07, 6.45) is 0.989. The van der Waals surface area contributed by atoms with Crippen LogP contribution in [0.1, 0.15) is 18.9 Å². The predicted molar refractivity (Wildman–Crippen MR) is 69.8 cm³/mol. The topological polar surface area (TPSA) is 29.1 Å². The van der Waals surface area contributed by atoms with Crippen LogP contribution in [0.5, 0.6) is 0 Å². The summed E-state index contributed by atoms with van der Waals surface area (Å²) >= 11 is 9.44. The van der Waals surface area contributed by atoms with Gasteiger partial charge in [-0.25, -0.2) is 0 Å². The fraction of sp³-hybridized carbons (Fsp3) is 0.417. The second kappa shape index (κ2) is 4.38. The minimum absolute atomic E-state index is 0.0909. The SMILES string of the molecule is Cc1cc(Br)c(NC(=O)C2CC2C)cc1Cl. The van der Waals surface area contributed by atoms with Crippen LogP contribution in [0.2, 0.25) is 5.02 Å². The minimum atomic E-state index is 0.0909. The zero-order valence-electron chi connectivity index (χ0n) is 9.18. The Morgan fingerprint density at radius 1 is 1.56 bits per heavy atom. The molecule has 0 saturated heterocycles. The third-order valence-electron chi connectivity index (χ3n) is 2.95. The van der Waals surface area contributed by atoms with Crippen LogP contribution in [-0.4, -0.2) is 5.91 Å². The number of rotatable bonds is 2. The van der Waals surface area contributed by atoms with E-state index in [1.807, 2.05) is 13.0 Å². The molecule has 1 aliphatic carbocycles. The molecule has 0 aliphatic heterocycles. The number of amides is 1. The van der Waals surface area contributed by atoms with Crippen molar-refractivity contribution in [1.82, 2.24) is 0 Å². The van der Waals surface area contributed by atoms with Crippen LogP contribution in [0.3, 0.4) is 0 Å². The van der Waals surface area contributed by atoms with Crippen molar-refractivity contribution in [2.24, 2.45) is 11.8 Å². The van der Waals surface area contributed by atoms with E-state index in [0.29, 0.717) is 10.9 Å². The normalized spacial score (nSPS) is 23.0. The highest BCUT2D eigenvalue weighted by Crippen LogP contribution is 2.39. The summed E-state index contributed by atoms with van der Waals surface area (Å²) in [6, 6.07) is 3.69. The van der Waals surface area contributed by atoms with E-state index in [2.05, 4.69) is 28.2 Å². The Balaban J connectivity index is 2.15. The predicted octanol–water partition coefficient (Wildman–Crippen LogP) is 4.01. The first-order chi connectivity index (χ1) is 7.49. The van der Waals surface area contributed by atoms with Crippen molar-refractivity contribution in [3.63, 3.8) is 0 Å². The molecule has 0 heterocycles. The van der Waals surface area contributed by atoms with Gasteiger partial charge in [-0.15, -0.1) is 0 Å². The molecule has 1 amide bonds. The number of benzene rings is 1. The third kappa shape index (κ3) is 2.41. The number of aryl methyl sites for hydroxylation is 1. The fourth-order valence-corrected chi connectivity index (χ4v) is 2.38. The van der Waals surface area contributed by atoms with Gasteiger partial charge in [-0.1, -0.05) is 18.5 Å². The Bertz CT molecular complexity index is 447. The number of anilines is 1. The number of carbonyl (C=O) groups is 1. The van der Waals surface area contributed by atoms with Crippen LogP contribution in [0.15, 0.2) is 16.6 Å². The first-order valence-electron chi connectivity index (χ1n) is 5.25. The van der Waals surface area contributed by atoms with Crippen molar-refractivity contribution in [3.05, 3.63) is 27.2 Å². The van der Waals surface area contributed by atoms with Gasteiger partial charge < -0.3 is 5.32 Å². The van der Waals surface area contributed by atoms with Gasteiger partial charge in [0.15, 0.2) is 0 Å². The molecule has 0 bridgehead atoms. The lowest BCUT2D eigenvalue weighted by Crippen LogP contribution is -2.14. The molecule has 2 unspecified atom stereocenters. The Labute approximate surface area is 108 Å². The van der Waals surface area contributed by atoms with E-state index in [-0.39, 0.29) is 11.8 Å². The van der Waals surface area contributed by atoms with Gasteiger partial charge >= 0.3 is 0 Å². The summed E-state index contributed by atoms with van der Waals surface area (Å²) in [5.41, 5.74) is 1.74. The molecule has 16 heavy (non-hydrogen) atoms. The monoisotopic (exact) mass is 301 g/mol. The Morgan fingerprint density at radius 2 is 2.19 bits per heavy atom. The van der Waals surface area contributed by atoms with E-state index in [0.717, 1.165) is 22.1 Å².